The van der Waals surface area contributed by atoms with Gasteiger partial charge in [-0.1, -0.05) is 186 Å². The van der Waals surface area contributed by atoms with Gasteiger partial charge >= 0.3 is 5.91 Å². The quantitative estimate of drug-likeness (QED) is 0.125. The van der Waals surface area contributed by atoms with Gasteiger partial charge in [-0.3, -0.25) is 0 Å². The Balaban J connectivity index is 0.000000459. The molecule has 0 N–H and O–H groups in total. The Kier molecular flexibility index (Phi) is 12.6. The van der Waals surface area contributed by atoms with E-state index in [9.17, 15) is 0 Å². The van der Waals surface area contributed by atoms with Gasteiger partial charge in [-0.05, 0) is 59.8 Å². The van der Waals surface area contributed by atoms with Crippen LogP contribution in [0.5, 0.6) is 0 Å². The average Bonchev–Trinajstić information content (AvgIpc) is 4.17. The van der Waals surface area contributed by atoms with E-state index in [0.29, 0.717) is 0 Å². The number of aromatic nitrogens is 2. The van der Waals surface area contributed by atoms with Gasteiger partial charge in [-0.2, -0.15) is 9.13 Å². The predicted molar refractivity (Wildman–Crippen MR) is 259 cm³/mol. The van der Waals surface area contributed by atoms with Gasteiger partial charge in [0.1, 0.15) is 0 Å². The van der Waals surface area contributed by atoms with E-state index in [4.69, 9.17) is 0 Å². The van der Waals surface area contributed by atoms with Crippen molar-refractivity contribution in [1.82, 2.24) is 9.13 Å². The van der Waals surface area contributed by atoms with Gasteiger partial charge in [0.25, 0.3) is 0 Å². The summed E-state index contributed by atoms with van der Waals surface area (Å²) < 4.78 is 10.6. The normalized spacial score (nSPS) is 15.6. The largest absolute Gasteiger partial charge is 0.553 e. The third-order valence-electron chi connectivity index (χ3n) is 11.0. The summed E-state index contributed by atoms with van der Waals surface area (Å²) in [6.07, 6.45) is 9.42. The lowest BCUT2D eigenvalue weighted by molar-refractivity contribution is -0.834. The van der Waals surface area contributed by atoms with Crippen molar-refractivity contribution in [3.05, 3.63) is 226 Å². The highest BCUT2D eigenvalue weighted by molar-refractivity contribution is 7.35. The molecule has 5 heteroatoms. The van der Waals surface area contributed by atoms with Gasteiger partial charge in [0.05, 0.1) is 44.4 Å². The Labute approximate surface area is 359 Å². The molecule has 0 saturated heterocycles. The van der Waals surface area contributed by atoms with E-state index in [1.165, 1.54) is 89.4 Å². The third-order valence-corrected chi connectivity index (χ3v) is 11.0. The lowest BCUT2D eigenvalue weighted by Gasteiger charge is -2.41. The summed E-state index contributed by atoms with van der Waals surface area (Å²) >= 11 is 0. The number of hydrogen-bond acceptors (Lipinski definition) is 0. The summed E-state index contributed by atoms with van der Waals surface area (Å²) in [5.41, 5.74) is 17.1. The van der Waals surface area contributed by atoms with Crippen LogP contribution in [-0.4, -0.2) is 43.0 Å². The van der Waals surface area contributed by atoms with E-state index in [-0.39, 0.29) is 0 Å². The molecule has 2 aromatic heterocycles. The molecule has 0 unspecified atom stereocenters. The SMILES string of the molecule is C1=CC2=[N+]3C1=C(c1ccccc1)c1ccc4n1C31n3c(ccc3=C(c3ccccc3)C3=[N+]1C(=C4c1ccccc1)C=C3)=C2c1ccccc1.CC.CC.CC.CC.CPC. The topological polar surface area (TPSA) is 15.9 Å². The molecule has 60 heavy (non-hydrogen) atoms. The van der Waals surface area contributed by atoms with Crippen molar-refractivity contribution in [1.29, 1.82) is 0 Å². The standard InChI is InChI=1S/C45H28N4.C2H7P.4C2H6/c1-5-13-29(14-6-1)41-33-21-23-35-42(30-15-7-2-8-16-30)37-25-27-39-44(32-19-11-4-12-20-32)40-28-26-38-43(31-17-9-3-10-18-31)36-24-22-34(41)47(36)45(46(33)35,48(37)39)49(38)40;1-3-2;4*1-2/h1-28H;3H,1-2H3;4*1-2H3/q+2;;;;;. The van der Waals surface area contributed by atoms with Gasteiger partial charge in [0, 0.05) is 24.3 Å². The Morgan fingerprint density at radius 3 is 0.983 bits per heavy atom. The lowest BCUT2D eigenvalue weighted by Crippen LogP contribution is -2.71. The van der Waals surface area contributed by atoms with E-state index >= 15 is 0 Å². The number of nitrogens with zero attached hydrogens (tertiary/aromatic N) is 4. The van der Waals surface area contributed by atoms with Crippen molar-refractivity contribution in [3.63, 3.8) is 0 Å². The molecule has 0 amide bonds. The molecule has 0 radical (unpaired) electrons. The monoisotopic (exact) mass is 806 g/mol. The van der Waals surface area contributed by atoms with Crippen molar-refractivity contribution >= 4 is 42.3 Å². The molecule has 6 aromatic rings. The van der Waals surface area contributed by atoms with E-state index in [0.717, 1.165) is 8.58 Å². The van der Waals surface area contributed by atoms with Crippen LogP contribution in [0.1, 0.15) is 89.0 Å². The Bertz CT molecular complexity index is 2650. The lowest BCUT2D eigenvalue weighted by atomic mass is 9.93. The van der Waals surface area contributed by atoms with E-state index in [1.54, 1.807) is 0 Å². The summed E-state index contributed by atoms with van der Waals surface area (Å²) in [7, 11) is 1.08. The van der Waals surface area contributed by atoms with Gasteiger partial charge in [0.15, 0.2) is 0 Å². The van der Waals surface area contributed by atoms with Crippen LogP contribution >= 0.6 is 8.58 Å². The molecule has 4 nitrogen and oxygen atoms in total. The zero-order valence-corrected chi connectivity index (χ0v) is 38.0. The fraction of sp³-hybridized carbons (Fsp3) is 0.200. The maximum absolute atomic E-state index is 2.64. The van der Waals surface area contributed by atoms with Gasteiger partial charge in [0.2, 0.25) is 22.8 Å². The molecule has 12 rings (SSSR count). The first-order valence-corrected chi connectivity index (χ1v) is 24.0. The molecule has 0 aliphatic carbocycles. The van der Waals surface area contributed by atoms with Gasteiger partial charge < -0.3 is 0 Å². The maximum Gasteiger partial charge on any atom is 0.553 e. The van der Waals surface area contributed by atoms with Crippen molar-refractivity contribution in [2.45, 2.75) is 61.3 Å². The van der Waals surface area contributed by atoms with Crippen molar-refractivity contribution in [3.8, 4) is 0 Å². The molecule has 302 valence electrons. The van der Waals surface area contributed by atoms with Crippen LogP contribution in [0.2, 0.25) is 0 Å². The summed E-state index contributed by atoms with van der Waals surface area (Å²) in [4.78, 5) is 0. The van der Waals surface area contributed by atoms with Crippen LogP contribution in [0.3, 0.4) is 0 Å². The zero-order valence-electron chi connectivity index (χ0n) is 37.0. The molecule has 0 bridgehead atoms. The summed E-state index contributed by atoms with van der Waals surface area (Å²) in [5.74, 6) is -0.752. The molecular weight excluding hydrogens is 748 g/mol. The first-order chi connectivity index (χ1) is 29.8. The molecule has 8 heterocycles. The summed E-state index contributed by atoms with van der Waals surface area (Å²) in [5, 5.41) is 2.43. The molecular formula is C55H59N4P+2. The predicted octanol–water partition coefficient (Wildman–Crippen LogP) is 11.5. The fourth-order valence-electron chi connectivity index (χ4n) is 9.33. The summed E-state index contributed by atoms with van der Waals surface area (Å²) in [6, 6.07) is 53.1. The van der Waals surface area contributed by atoms with Gasteiger partial charge in [-0.15, -0.1) is 8.58 Å². The van der Waals surface area contributed by atoms with Crippen LogP contribution in [0.15, 0.2) is 181 Å². The van der Waals surface area contributed by atoms with Crippen LogP contribution in [-0.2, 0) is 5.91 Å². The number of benzene rings is 4. The van der Waals surface area contributed by atoms with Crippen LogP contribution in [0.25, 0.3) is 22.3 Å². The van der Waals surface area contributed by atoms with Gasteiger partial charge in [-0.25, -0.2) is 0 Å². The highest BCUT2D eigenvalue weighted by Crippen LogP contribution is 2.52. The van der Waals surface area contributed by atoms with E-state index < -0.39 is 5.91 Å². The van der Waals surface area contributed by atoms with Crippen molar-refractivity contribution in [2.75, 3.05) is 13.3 Å². The smallest absolute Gasteiger partial charge is 0.198 e. The molecule has 0 atom stereocenters. The number of rotatable bonds is 4. The zero-order chi connectivity index (χ0) is 42.6. The first kappa shape index (κ1) is 42.0. The fourth-order valence-corrected chi connectivity index (χ4v) is 9.33. The second-order valence-electron chi connectivity index (χ2n) is 13.8. The average molecular weight is 807 g/mol. The molecule has 6 aliphatic heterocycles. The Morgan fingerprint density at radius 1 is 0.367 bits per heavy atom. The van der Waals surface area contributed by atoms with E-state index in [1.807, 2.05) is 55.4 Å². The summed E-state index contributed by atoms with van der Waals surface area (Å²) in [6.45, 7) is 20.3. The Hall–Kier alpha value is -6.09. The van der Waals surface area contributed by atoms with Crippen molar-refractivity contribution < 1.29 is 9.15 Å². The molecule has 1 spiro atoms. The minimum absolute atomic E-state index is 0.752. The van der Waals surface area contributed by atoms with Crippen LogP contribution in [0.4, 0.5) is 0 Å². The maximum atomic E-state index is 2.64. The third kappa shape index (κ3) is 5.99. The Morgan fingerprint density at radius 2 is 0.667 bits per heavy atom. The minimum Gasteiger partial charge on any atom is -0.198 e. The molecule has 0 saturated carbocycles. The number of allylic oxidation sites excluding steroid dienone is 4. The molecule has 0 fully saturated rings. The highest BCUT2D eigenvalue weighted by atomic mass is 31.1. The molecule has 4 aromatic carbocycles. The highest BCUT2D eigenvalue weighted by Gasteiger charge is 2.72. The number of hydrogen-bond donors (Lipinski definition) is 0. The van der Waals surface area contributed by atoms with Crippen LogP contribution < -0.4 is 10.7 Å². The minimum atomic E-state index is -0.752. The van der Waals surface area contributed by atoms with E-state index in [2.05, 4.69) is 202 Å². The van der Waals surface area contributed by atoms with Crippen molar-refractivity contribution in [2.24, 2.45) is 0 Å². The van der Waals surface area contributed by atoms with Crippen LogP contribution in [0, 0.1) is 0 Å². The second-order valence-corrected chi connectivity index (χ2v) is 14.8. The molecule has 6 aliphatic rings. The second kappa shape index (κ2) is 18.0. The first-order valence-electron chi connectivity index (χ1n) is 22.0.